The standard InChI is InChI=1S/C22H14F3N5O/c23-22(24,25)12-5-7-13(8-6-12)30-19-16(11-26-30)21(31)29-10-9-15-14-3-1-2-4-17(14)27-18(15)20(29)28-19/h1-8,11,27H,9-10H2. The van der Waals surface area contributed by atoms with Crippen molar-refractivity contribution in [3.63, 3.8) is 0 Å². The van der Waals surface area contributed by atoms with E-state index < -0.39 is 11.7 Å². The van der Waals surface area contributed by atoms with Crippen LogP contribution in [0.2, 0.25) is 0 Å². The van der Waals surface area contributed by atoms with Gasteiger partial charge in [0, 0.05) is 17.4 Å². The molecule has 5 aromatic rings. The number of nitrogens with one attached hydrogen (secondary N) is 1. The Morgan fingerprint density at radius 1 is 1.00 bits per heavy atom. The fourth-order valence-electron chi connectivity index (χ4n) is 4.26. The molecule has 1 aliphatic rings. The Balaban J connectivity index is 1.57. The normalized spacial score (nSPS) is 13.5. The zero-order chi connectivity index (χ0) is 21.3. The van der Waals surface area contributed by atoms with Gasteiger partial charge in [-0.3, -0.25) is 9.36 Å². The summed E-state index contributed by atoms with van der Waals surface area (Å²) in [5.41, 5.74) is 2.58. The molecule has 0 saturated carbocycles. The number of H-pyrrole nitrogens is 1. The molecule has 1 aliphatic heterocycles. The monoisotopic (exact) mass is 421 g/mol. The van der Waals surface area contributed by atoms with Crippen LogP contribution in [0.15, 0.2) is 59.5 Å². The Morgan fingerprint density at radius 2 is 1.77 bits per heavy atom. The van der Waals surface area contributed by atoms with Crippen LogP contribution in [0.4, 0.5) is 13.2 Å². The average Bonchev–Trinajstić information content (AvgIpc) is 3.35. The van der Waals surface area contributed by atoms with Crippen LogP contribution in [0.25, 0.3) is 39.1 Å². The Bertz CT molecular complexity index is 1540. The minimum absolute atomic E-state index is 0.220. The number of aromatic amines is 1. The van der Waals surface area contributed by atoms with E-state index in [0.717, 1.165) is 34.3 Å². The molecule has 2 aromatic carbocycles. The molecule has 0 bridgehead atoms. The van der Waals surface area contributed by atoms with Crippen LogP contribution in [-0.4, -0.2) is 24.3 Å². The van der Waals surface area contributed by atoms with Crippen molar-refractivity contribution in [1.82, 2.24) is 24.3 Å². The molecule has 6 rings (SSSR count). The summed E-state index contributed by atoms with van der Waals surface area (Å²) < 4.78 is 41.7. The number of benzene rings is 2. The average molecular weight is 421 g/mol. The quantitative estimate of drug-likeness (QED) is 0.439. The predicted molar refractivity (Wildman–Crippen MR) is 109 cm³/mol. The number of hydrogen-bond acceptors (Lipinski definition) is 3. The fraction of sp³-hybridized carbons (Fsp3) is 0.136. The molecule has 154 valence electrons. The van der Waals surface area contributed by atoms with E-state index in [1.54, 1.807) is 4.57 Å². The molecule has 0 unspecified atom stereocenters. The van der Waals surface area contributed by atoms with Gasteiger partial charge >= 0.3 is 6.18 Å². The predicted octanol–water partition coefficient (Wildman–Crippen LogP) is 4.31. The van der Waals surface area contributed by atoms with Crippen LogP contribution in [0.5, 0.6) is 0 Å². The van der Waals surface area contributed by atoms with Crippen molar-refractivity contribution in [2.24, 2.45) is 0 Å². The maximum Gasteiger partial charge on any atom is 0.416 e. The van der Waals surface area contributed by atoms with Gasteiger partial charge in [-0.25, -0.2) is 9.67 Å². The molecule has 1 N–H and O–H groups in total. The lowest BCUT2D eigenvalue weighted by Gasteiger charge is -2.18. The molecule has 0 saturated heterocycles. The zero-order valence-electron chi connectivity index (χ0n) is 15.9. The summed E-state index contributed by atoms with van der Waals surface area (Å²) in [4.78, 5) is 21.2. The van der Waals surface area contributed by atoms with Gasteiger partial charge in [0.25, 0.3) is 5.56 Å². The van der Waals surface area contributed by atoms with Gasteiger partial charge in [-0.1, -0.05) is 18.2 Å². The van der Waals surface area contributed by atoms with Gasteiger partial charge in [-0.05, 0) is 42.3 Å². The zero-order valence-corrected chi connectivity index (χ0v) is 15.9. The van der Waals surface area contributed by atoms with Crippen LogP contribution in [0.1, 0.15) is 11.1 Å². The first-order chi connectivity index (χ1) is 14.9. The van der Waals surface area contributed by atoms with E-state index in [2.05, 4.69) is 10.1 Å². The summed E-state index contributed by atoms with van der Waals surface area (Å²) in [5, 5.41) is 5.65. The number of fused-ring (bicyclic) bond motifs is 6. The molecule has 4 heterocycles. The molecular formula is C22H14F3N5O. The fourth-order valence-corrected chi connectivity index (χ4v) is 4.26. The number of hydrogen-bond donors (Lipinski definition) is 1. The summed E-state index contributed by atoms with van der Waals surface area (Å²) >= 11 is 0. The van der Waals surface area contributed by atoms with Crippen LogP contribution >= 0.6 is 0 Å². The van der Waals surface area contributed by atoms with Crippen LogP contribution in [0, 0.1) is 0 Å². The molecule has 0 atom stereocenters. The lowest BCUT2D eigenvalue weighted by Crippen LogP contribution is -2.27. The maximum absolute atomic E-state index is 13.1. The Kier molecular flexibility index (Phi) is 3.51. The minimum atomic E-state index is -4.42. The highest BCUT2D eigenvalue weighted by molar-refractivity contribution is 5.91. The summed E-state index contributed by atoms with van der Waals surface area (Å²) in [7, 11) is 0. The molecule has 6 nitrogen and oxygen atoms in total. The summed E-state index contributed by atoms with van der Waals surface area (Å²) in [6, 6.07) is 12.5. The van der Waals surface area contributed by atoms with Gasteiger partial charge in [0.2, 0.25) is 0 Å². The molecular weight excluding hydrogens is 407 g/mol. The third kappa shape index (κ3) is 2.56. The van der Waals surface area contributed by atoms with Gasteiger partial charge in [0.05, 0.1) is 23.1 Å². The Morgan fingerprint density at radius 3 is 2.55 bits per heavy atom. The maximum atomic E-state index is 13.1. The van der Waals surface area contributed by atoms with E-state index in [-0.39, 0.29) is 5.56 Å². The highest BCUT2D eigenvalue weighted by Crippen LogP contribution is 2.34. The minimum Gasteiger partial charge on any atom is -0.352 e. The van der Waals surface area contributed by atoms with Gasteiger partial charge in [-0.2, -0.15) is 18.3 Å². The van der Waals surface area contributed by atoms with E-state index in [1.165, 1.54) is 23.0 Å². The first-order valence-electron chi connectivity index (χ1n) is 9.68. The van der Waals surface area contributed by atoms with Gasteiger partial charge in [-0.15, -0.1) is 0 Å². The van der Waals surface area contributed by atoms with Crippen molar-refractivity contribution in [1.29, 1.82) is 0 Å². The highest BCUT2D eigenvalue weighted by Gasteiger charge is 2.30. The number of rotatable bonds is 1. The molecule has 0 amide bonds. The number of aromatic nitrogens is 5. The van der Waals surface area contributed by atoms with Crippen molar-refractivity contribution in [2.45, 2.75) is 19.1 Å². The first kappa shape index (κ1) is 17.9. The molecule has 9 heteroatoms. The second kappa shape index (κ2) is 6.07. The molecule has 0 fully saturated rings. The summed E-state index contributed by atoms with van der Waals surface area (Å²) in [6.45, 7) is 0.497. The SMILES string of the molecule is O=c1c2cnn(-c3ccc(C(F)(F)F)cc3)c2nc2n1CCc1c-2[nH]c2ccccc12. The highest BCUT2D eigenvalue weighted by atomic mass is 19.4. The second-order valence-corrected chi connectivity index (χ2v) is 7.50. The Labute approximate surface area is 172 Å². The van der Waals surface area contributed by atoms with E-state index in [0.29, 0.717) is 35.5 Å². The van der Waals surface area contributed by atoms with Crippen molar-refractivity contribution >= 4 is 21.9 Å². The number of para-hydroxylation sites is 1. The summed E-state index contributed by atoms with van der Waals surface area (Å²) in [5.74, 6) is 0.503. The van der Waals surface area contributed by atoms with Gasteiger partial charge in [0.15, 0.2) is 11.5 Å². The van der Waals surface area contributed by atoms with E-state index in [4.69, 9.17) is 4.98 Å². The molecule has 3 aromatic heterocycles. The van der Waals surface area contributed by atoms with Crippen molar-refractivity contribution in [2.75, 3.05) is 0 Å². The lowest BCUT2D eigenvalue weighted by atomic mass is 10.0. The number of halogens is 3. The number of alkyl halides is 3. The third-order valence-electron chi connectivity index (χ3n) is 5.75. The second-order valence-electron chi connectivity index (χ2n) is 7.50. The molecule has 0 spiro atoms. The third-order valence-corrected chi connectivity index (χ3v) is 5.75. The van der Waals surface area contributed by atoms with Gasteiger partial charge in [0.1, 0.15) is 5.39 Å². The van der Waals surface area contributed by atoms with Crippen molar-refractivity contribution in [3.05, 3.63) is 76.2 Å². The topological polar surface area (TPSA) is 68.5 Å². The van der Waals surface area contributed by atoms with E-state index in [9.17, 15) is 18.0 Å². The van der Waals surface area contributed by atoms with Crippen LogP contribution in [0.3, 0.4) is 0 Å². The molecule has 31 heavy (non-hydrogen) atoms. The summed E-state index contributed by atoms with van der Waals surface area (Å²) in [6.07, 6.45) is -2.31. The van der Waals surface area contributed by atoms with E-state index >= 15 is 0 Å². The molecule has 0 aliphatic carbocycles. The van der Waals surface area contributed by atoms with Crippen LogP contribution < -0.4 is 5.56 Å². The first-order valence-corrected chi connectivity index (χ1v) is 9.68. The largest absolute Gasteiger partial charge is 0.416 e. The van der Waals surface area contributed by atoms with Crippen LogP contribution in [-0.2, 0) is 19.1 Å². The van der Waals surface area contributed by atoms with Gasteiger partial charge < -0.3 is 4.98 Å². The Hall–Kier alpha value is -3.88. The lowest BCUT2D eigenvalue weighted by molar-refractivity contribution is -0.137. The van der Waals surface area contributed by atoms with Crippen molar-refractivity contribution in [3.8, 4) is 17.2 Å². The molecule has 0 radical (unpaired) electrons. The van der Waals surface area contributed by atoms with E-state index in [1.807, 2.05) is 24.3 Å². The smallest absolute Gasteiger partial charge is 0.352 e. The van der Waals surface area contributed by atoms with Crippen molar-refractivity contribution < 1.29 is 13.2 Å². The number of aryl methyl sites for hydroxylation is 1. The number of nitrogens with zero attached hydrogens (tertiary/aromatic N) is 4.